The molecule has 0 aliphatic rings. The summed E-state index contributed by atoms with van der Waals surface area (Å²) in [6, 6.07) is 3.50. The molecule has 2 aromatic rings. The molecule has 0 bridgehead atoms. The summed E-state index contributed by atoms with van der Waals surface area (Å²) in [5.74, 6) is 0. The van der Waals surface area contributed by atoms with E-state index in [1.54, 1.807) is 6.07 Å². The largest absolute Gasteiger partial charge is 0.618 e. The van der Waals surface area contributed by atoms with Crippen molar-refractivity contribution in [2.75, 3.05) is 0 Å². The second-order valence-corrected chi connectivity index (χ2v) is 10.0. The molecule has 2 rings (SSSR count). The Morgan fingerprint density at radius 3 is 2.60 bits per heavy atom. The third kappa shape index (κ3) is 1.87. The first-order valence-electron chi connectivity index (χ1n) is 4.70. The molecule has 0 aliphatic carbocycles. The molecule has 0 aromatic carbocycles. The number of pyridine rings is 1. The van der Waals surface area contributed by atoms with E-state index in [0.29, 0.717) is 16.1 Å². The van der Waals surface area contributed by atoms with Gasteiger partial charge in [0.15, 0.2) is 6.20 Å². The molecule has 0 radical (unpaired) electrons. The molecule has 15 heavy (non-hydrogen) atoms. The Kier molecular flexibility index (Phi) is 2.28. The van der Waals surface area contributed by atoms with Crippen molar-refractivity contribution in [1.82, 2.24) is 0 Å². The lowest BCUT2D eigenvalue weighted by Crippen LogP contribution is -2.36. The quantitative estimate of drug-likeness (QED) is 0.437. The lowest BCUT2D eigenvalue weighted by atomic mass is 10.4. The average molecular weight is 242 g/mol. The van der Waals surface area contributed by atoms with E-state index >= 15 is 0 Å². The first-order valence-corrected chi connectivity index (χ1v) is 8.58. The molecule has 0 N–H and O–H groups in total. The Morgan fingerprint density at radius 1 is 1.33 bits per heavy atom. The van der Waals surface area contributed by atoms with Gasteiger partial charge in [0.1, 0.15) is 13.1 Å². The Bertz CT molecular complexity index is 516. The highest BCUT2D eigenvalue weighted by Gasteiger charge is 2.24. The first kappa shape index (κ1) is 10.5. The van der Waals surface area contributed by atoms with Gasteiger partial charge >= 0.3 is 0 Å². The number of halogens is 1. The van der Waals surface area contributed by atoms with Crippen LogP contribution >= 0.6 is 11.6 Å². The SMILES string of the molecule is C[Si](C)(C)c1cc2c(cc(Cl)c[n+]2[O-])o1. The van der Waals surface area contributed by atoms with Crippen molar-refractivity contribution < 1.29 is 9.15 Å². The predicted molar refractivity (Wildman–Crippen MR) is 63.2 cm³/mol. The van der Waals surface area contributed by atoms with Gasteiger partial charge in [-0.1, -0.05) is 31.2 Å². The number of hydrogen-bond donors (Lipinski definition) is 0. The zero-order valence-corrected chi connectivity index (χ0v) is 10.6. The lowest BCUT2D eigenvalue weighted by molar-refractivity contribution is -0.576. The van der Waals surface area contributed by atoms with Gasteiger partial charge in [-0.2, -0.15) is 4.73 Å². The van der Waals surface area contributed by atoms with Crippen molar-refractivity contribution in [1.29, 1.82) is 0 Å². The molecule has 0 unspecified atom stereocenters. The molecule has 0 saturated carbocycles. The fourth-order valence-corrected chi connectivity index (χ4v) is 2.56. The molecular weight excluding hydrogens is 230 g/mol. The fourth-order valence-electron chi connectivity index (χ4n) is 1.38. The van der Waals surface area contributed by atoms with Crippen molar-refractivity contribution in [3.63, 3.8) is 0 Å². The minimum Gasteiger partial charge on any atom is -0.618 e. The Balaban J connectivity index is 2.71. The summed E-state index contributed by atoms with van der Waals surface area (Å²) in [5, 5.41) is 12.8. The van der Waals surface area contributed by atoms with Gasteiger partial charge in [-0.25, -0.2) is 0 Å². The average Bonchev–Trinajstić information content (AvgIpc) is 2.46. The maximum atomic E-state index is 11.5. The van der Waals surface area contributed by atoms with Crippen LogP contribution in [0.2, 0.25) is 24.7 Å². The van der Waals surface area contributed by atoms with E-state index in [9.17, 15) is 5.21 Å². The van der Waals surface area contributed by atoms with E-state index in [1.165, 1.54) is 6.20 Å². The summed E-state index contributed by atoms with van der Waals surface area (Å²) in [4.78, 5) is 0. The van der Waals surface area contributed by atoms with Crippen LogP contribution in [0, 0.1) is 5.21 Å². The molecule has 0 atom stereocenters. The third-order valence-corrected chi connectivity index (χ3v) is 4.16. The fraction of sp³-hybridized carbons (Fsp3) is 0.300. The number of fused-ring (bicyclic) bond motifs is 1. The Labute approximate surface area is 93.9 Å². The summed E-state index contributed by atoms with van der Waals surface area (Å²) < 4.78 is 6.41. The van der Waals surface area contributed by atoms with Crippen molar-refractivity contribution in [3.8, 4) is 0 Å². The standard InChI is InChI=1S/C10H12ClNO2Si/c1-15(2,3)10-5-8-9(14-10)4-7(11)6-12(8)13/h4-6H,1-3H3. The third-order valence-electron chi connectivity index (χ3n) is 2.23. The van der Waals surface area contributed by atoms with Crippen molar-refractivity contribution in [3.05, 3.63) is 28.6 Å². The minimum absolute atomic E-state index is 0.397. The molecule has 2 heterocycles. The molecule has 80 valence electrons. The monoisotopic (exact) mass is 241 g/mol. The normalized spacial score (nSPS) is 12.3. The molecule has 0 saturated heterocycles. The zero-order chi connectivity index (χ0) is 11.2. The van der Waals surface area contributed by atoms with Gasteiger partial charge in [0.05, 0.1) is 5.38 Å². The maximum absolute atomic E-state index is 11.5. The van der Waals surface area contributed by atoms with Gasteiger partial charge in [-0.15, -0.1) is 0 Å². The van der Waals surface area contributed by atoms with Crippen LogP contribution in [0.15, 0.2) is 22.7 Å². The minimum atomic E-state index is -1.52. The lowest BCUT2D eigenvalue weighted by Gasteiger charge is -2.09. The van der Waals surface area contributed by atoms with Crippen LogP contribution in [0.25, 0.3) is 11.1 Å². The molecular formula is C10H12ClNO2Si. The summed E-state index contributed by atoms with van der Waals surface area (Å²) in [6.45, 7) is 6.50. The number of rotatable bonds is 1. The van der Waals surface area contributed by atoms with Crippen molar-refractivity contribution >= 4 is 36.2 Å². The van der Waals surface area contributed by atoms with E-state index in [2.05, 4.69) is 19.6 Å². The first-order chi connectivity index (χ1) is 6.88. The summed E-state index contributed by atoms with van der Waals surface area (Å²) in [7, 11) is -1.52. The van der Waals surface area contributed by atoms with Crippen LogP contribution in [-0.2, 0) is 0 Å². The second-order valence-electron chi connectivity index (χ2n) is 4.59. The summed E-state index contributed by atoms with van der Waals surface area (Å²) in [5.41, 5.74) is 1.12. The van der Waals surface area contributed by atoms with Crippen LogP contribution in [0.4, 0.5) is 0 Å². The van der Waals surface area contributed by atoms with Crippen LogP contribution < -0.4 is 10.1 Å². The zero-order valence-electron chi connectivity index (χ0n) is 8.87. The molecule has 2 aromatic heterocycles. The number of aromatic nitrogens is 1. The predicted octanol–water partition coefficient (Wildman–Crippen LogP) is 2.26. The van der Waals surface area contributed by atoms with E-state index in [-0.39, 0.29) is 0 Å². The van der Waals surface area contributed by atoms with E-state index in [4.69, 9.17) is 16.0 Å². The summed E-state index contributed by atoms with van der Waals surface area (Å²) in [6.07, 6.45) is 1.34. The topological polar surface area (TPSA) is 40.1 Å². The highest BCUT2D eigenvalue weighted by atomic mass is 35.5. The maximum Gasteiger partial charge on any atom is 0.262 e. The molecule has 0 spiro atoms. The van der Waals surface area contributed by atoms with Gasteiger partial charge in [0, 0.05) is 12.1 Å². The molecule has 3 nitrogen and oxygen atoms in total. The molecule has 5 heteroatoms. The summed E-state index contributed by atoms with van der Waals surface area (Å²) >= 11 is 5.78. The number of furan rings is 1. The van der Waals surface area contributed by atoms with Crippen LogP contribution in [0.1, 0.15) is 0 Å². The van der Waals surface area contributed by atoms with Gasteiger partial charge in [0.2, 0.25) is 5.58 Å². The molecule has 0 aliphatic heterocycles. The van der Waals surface area contributed by atoms with Crippen LogP contribution in [0.3, 0.4) is 0 Å². The second kappa shape index (κ2) is 3.25. The van der Waals surface area contributed by atoms with E-state index in [1.807, 2.05) is 6.07 Å². The van der Waals surface area contributed by atoms with E-state index < -0.39 is 8.07 Å². The number of nitrogens with zero attached hydrogens (tertiary/aromatic N) is 1. The van der Waals surface area contributed by atoms with Gasteiger partial charge in [0.25, 0.3) is 5.52 Å². The number of hydrogen-bond acceptors (Lipinski definition) is 2. The molecule has 0 amide bonds. The smallest absolute Gasteiger partial charge is 0.262 e. The van der Waals surface area contributed by atoms with Crippen molar-refractivity contribution in [2.45, 2.75) is 19.6 Å². The van der Waals surface area contributed by atoms with Crippen molar-refractivity contribution in [2.24, 2.45) is 0 Å². The Morgan fingerprint density at radius 2 is 2.00 bits per heavy atom. The highest BCUT2D eigenvalue weighted by Crippen LogP contribution is 2.17. The molecule has 0 fully saturated rings. The van der Waals surface area contributed by atoms with Gasteiger partial charge < -0.3 is 9.62 Å². The highest BCUT2D eigenvalue weighted by molar-refractivity contribution is 6.87. The van der Waals surface area contributed by atoms with Crippen LogP contribution in [-0.4, -0.2) is 8.07 Å². The van der Waals surface area contributed by atoms with Gasteiger partial charge in [-0.3, -0.25) is 0 Å². The Hall–Kier alpha value is -1.00. The van der Waals surface area contributed by atoms with Crippen LogP contribution in [0.5, 0.6) is 0 Å². The van der Waals surface area contributed by atoms with E-state index in [0.717, 1.165) is 10.1 Å². The van der Waals surface area contributed by atoms with Gasteiger partial charge in [-0.05, 0) is 0 Å².